The van der Waals surface area contributed by atoms with Crippen LogP contribution in [0.25, 0.3) is 0 Å². The number of thiocarbonyl (C=S) groups is 1. The zero-order valence-corrected chi connectivity index (χ0v) is 9.20. The summed E-state index contributed by atoms with van der Waals surface area (Å²) in [5.74, 6) is 0.856. The summed E-state index contributed by atoms with van der Waals surface area (Å²) in [6.07, 6.45) is 0. The minimum atomic E-state index is 0.706. The van der Waals surface area contributed by atoms with E-state index in [0.29, 0.717) is 5.11 Å². The fourth-order valence-electron chi connectivity index (χ4n) is 1.19. The second-order valence-corrected chi connectivity index (χ2v) is 4.24. The molecule has 1 fully saturated rings. The molecule has 2 nitrogen and oxygen atoms in total. The summed E-state index contributed by atoms with van der Waals surface area (Å²) in [4.78, 5) is 0. The number of anilines is 1. The third-order valence-electron chi connectivity index (χ3n) is 1.83. The Bertz CT molecular complexity index is 362. The van der Waals surface area contributed by atoms with E-state index in [2.05, 4.69) is 11.9 Å². The second-order valence-electron chi connectivity index (χ2n) is 2.94. The first-order valence-electron chi connectivity index (χ1n) is 4.24. The number of rotatable bonds is 1. The van der Waals surface area contributed by atoms with Crippen molar-refractivity contribution in [2.45, 2.75) is 0 Å². The molecule has 0 atom stereocenters. The van der Waals surface area contributed by atoms with E-state index in [4.69, 9.17) is 12.2 Å². The molecule has 14 heavy (non-hydrogen) atoms. The number of hydrogen-bond acceptors (Lipinski definition) is 2. The van der Waals surface area contributed by atoms with Crippen LogP contribution in [0.2, 0.25) is 0 Å². The highest BCUT2D eigenvalue weighted by Crippen LogP contribution is 2.26. The summed E-state index contributed by atoms with van der Waals surface area (Å²) in [6, 6.07) is 10.1. The molecular weight excluding hydrogens is 212 g/mol. The highest BCUT2D eigenvalue weighted by atomic mass is 32.2. The zero-order chi connectivity index (χ0) is 9.97. The minimum absolute atomic E-state index is 0.706. The summed E-state index contributed by atoms with van der Waals surface area (Å²) in [5.41, 5.74) is 2.06. The van der Waals surface area contributed by atoms with E-state index in [1.54, 1.807) is 11.9 Å². The summed E-state index contributed by atoms with van der Waals surface area (Å²) in [5, 5.41) is 3.78. The fourth-order valence-corrected chi connectivity index (χ4v) is 2.39. The van der Waals surface area contributed by atoms with Crippen molar-refractivity contribution < 1.29 is 0 Å². The molecule has 0 amide bonds. The molecule has 0 bridgehead atoms. The van der Waals surface area contributed by atoms with E-state index in [1.807, 2.05) is 34.6 Å². The van der Waals surface area contributed by atoms with Gasteiger partial charge in [-0.1, -0.05) is 24.8 Å². The van der Waals surface area contributed by atoms with Crippen LogP contribution < -0.4 is 9.62 Å². The van der Waals surface area contributed by atoms with Gasteiger partial charge in [-0.05, 0) is 36.3 Å². The largest absolute Gasteiger partial charge is 0.335 e. The minimum Gasteiger partial charge on any atom is -0.335 e. The molecule has 0 saturated carbocycles. The molecule has 1 N–H and O–H groups in total. The predicted octanol–water partition coefficient (Wildman–Crippen LogP) is 2.54. The van der Waals surface area contributed by atoms with Crippen LogP contribution in [-0.4, -0.2) is 10.9 Å². The molecule has 0 spiro atoms. The Kier molecular flexibility index (Phi) is 2.74. The average molecular weight is 222 g/mol. The molecule has 0 aromatic heterocycles. The number of nitrogens with one attached hydrogen (secondary N) is 1. The van der Waals surface area contributed by atoms with Crippen LogP contribution in [0.5, 0.6) is 0 Å². The van der Waals surface area contributed by atoms with Crippen molar-refractivity contribution in [3.63, 3.8) is 0 Å². The lowest BCUT2D eigenvalue weighted by molar-refractivity contribution is 1.12. The highest BCUT2D eigenvalue weighted by Gasteiger charge is 2.18. The fraction of sp³-hybridized carbons (Fsp3) is 0.100. The molecule has 0 radical (unpaired) electrons. The van der Waals surface area contributed by atoms with Gasteiger partial charge in [0.2, 0.25) is 0 Å². The van der Waals surface area contributed by atoms with E-state index < -0.39 is 0 Å². The normalized spacial score (nSPS) is 16.7. The van der Waals surface area contributed by atoms with Gasteiger partial charge in [0.25, 0.3) is 0 Å². The molecule has 1 saturated heterocycles. The van der Waals surface area contributed by atoms with Gasteiger partial charge in [-0.2, -0.15) is 0 Å². The maximum atomic E-state index is 5.22. The van der Waals surface area contributed by atoms with Crippen LogP contribution in [0.15, 0.2) is 42.6 Å². The molecule has 1 aliphatic heterocycles. The molecule has 0 unspecified atom stereocenters. The van der Waals surface area contributed by atoms with Crippen LogP contribution in [0, 0.1) is 0 Å². The Balaban J connectivity index is 2.20. The van der Waals surface area contributed by atoms with Gasteiger partial charge in [-0.3, -0.25) is 4.31 Å². The molecule has 1 aromatic rings. The zero-order valence-electron chi connectivity index (χ0n) is 7.56. The van der Waals surface area contributed by atoms with E-state index >= 15 is 0 Å². The van der Waals surface area contributed by atoms with Gasteiger partial charge in [0.05, 0.1) is 11.4 Å². The topological polar surface area (TPSA) is 15.3 Å². The van der Waals surface area contributed by atoms with E-state index in [0.717, 1.165) is 17.1 Å². The Morgan fingerprint density at radius 2 is 2.07 bits per heavy atom. The van der Waals surface area contributed by atoms with Crippen molar-refractivity contribution in [2.24, 2.45) is 0 Å². The lowest BCUT2D eigenvalue weighted by Crippen LogP contribution is -2.40. The summed E-state index contributed by atoms with van der Waals surface area (Å²) in [7, 11) is 0. The lowest BCUT2D eigenvalue weighted by atomic mass is 10.3. The van der Waals surface area contributed by atoms with Crippen LogP contribution in [0.1, 0.15) is 0 Å². The van der Waals surface area contributed by atoms with Gasteiger partial charge >= 0.3 is 0 Å². The third kappa shape index (κ3) is 1.91. The monoisotopic (exact) mass is 222 g/mol. The highest BCUT2D eigenvalue weighted by molar-refractivity contribution is 8.02. The van der Waals surface area contributed by atoms with Gasteiger partial charge in [-0.25, -0.2) is 0 Å². The van der Waals surface area contributed by atoms with Gasteiger partial charge in [0, 0.05) is 5.70 Å². The first kappa shape index (κ1) is 9.55. The number of benzene rings is 1. The van der Waals surface area contributed by atoms with Crippen molar-refractivity contribution in [1.29, 1.82) is 0 Å². The SMILES string of the molecule is C=C1CSN(c2ccccc2)C(=S)N1. The van der Waals surface area contributed by atoms with Crippen molar-refractivity contribution >= 4 is 35.0 Å². The van der Waals surface area contributed by atoms with Crippen LogP contribution in [0.4, 0.5) is 5.69 Å². The molecule has 0 aliphatic carbocycles. The first-order valence-corrected chi connectivity index (χ1v) is 5.59. The van der Waals surface area contributed by atoms with Crippen LogP contribution in [0.3, 0.4) is 0 Å². The number of hydrogen-bond donors (Lipinski definition) is 1. The van der Waals surface area contributed by atoms with E-state index in [9.17, 15) is 0 Å². The average Bonchev–Trinajstić information content (AvgIpc) is 2.19. The Labute approximate surface area is 93.1 Å². The number of para-hydroxylation sites is 1. The molecule has 2 rings (SSSR count). The molecule has 1 aliphatic rings. The van der Waals surface area contributed by atoms with Crippen LogP contribution >= 0.6 is 24.2 Å². The maximum absolute atomic E-state index is 5.22. The van der Waals surface area contributed by atoms with Crippen molar-refractivity contribution in [2.75, 3.05) is 10.1 Å². The summed E-state index contributed by atoms with van der Waals surface area (Å²) >= 11 is 6.88. The molecule has 1 aromatic carbocycles. The predicted molar refractivity (Wildman–Crippen MR) is 66.3 cm³/mol. The van der Waals surface area contributed by atoms with Crippen molar-refractivity contribution in [3.05, 3.63) is 42.6 Å². The first-order chi connectivity index (χ1) is 6.77. The summed E-state index contributed by atoms with van der Waals surface area (Å²) < 4.78 is 2.00. The van der Waals surface area contributed by atoms with E-state index in [1.165, 1.54) is 0 Å². The second kappa shape index (κ2) is 4.02. The Morgan fingerprint density at radius 3 is 2.71 bits per heavy atom. The lowest BCUT2D eigenvalue weighted by Gasteiger charge is -2.29. The maximum Gasteiger partial charge on any atom is 0.188 e. The van der Waals surface area contributed by atoms with Crippen molar-refractivity contribution in [3.8, 4) is 0 Å². The molecule has 72 valence electrons. The molecular formula is C10H10N2S2. The van der Waals surface area contributed by atoms with E-state index in [-0.39, 0.29) is 0 Å². The molecule has 4 heteroatoms. The van der Waals surface area contributed by atoms with Gasteiger partial charge < -0.3 is 5.32 Å². The number of nitrogens with zero attached hydrogens (tertiary/aromatic N) is 1. The Morgan fingerprint density at radius 1 is 1.36 bits per heavy atom. The Hall–Kier alpha value is -1.00. The third-order valence-corrected chi connectivity index (χ3v) is 3.36. The smallest absolute Gasteiger partial charge is 0.188 e. The molecule has 1 heterocycles. The summed E-state index contributed by atoms with van der Waals surface area (Å²) in [6.45, 7) is 3.85. The van der Waals surface area contributed by atoms with Gasteiger partial charge in [0.1, 0.15) is 0 Å². The standard InChI is InChI=1S/C10H10N2S2/c1-8-7-14-12(10(13)11-8)9-5-3-2-4-6-9/h2-6H,1,7H2,(H,11,13). The van der Waals surface area contributed by atoms with Gasteiger partial charge in [0.15, 0.2) is 5.11 Å². The van der Waals surface area contributed by atoms with Crippen molar-refractivity contribution in [1.82, 2.24) is 5.32 Å². The van der Waals surface area contributed by atoms with Crippen LogP contribution in [-0.2, 0) is 0 Å². The quantitative estimate of drug-likeness (QED) is 0.580. The van der Waals surface area contributed by atoms with Gasteiger partial charge in [-0.15, -0.1) is 0 Å².